The van der Waals surface area contributed by atoms with Crippen molar-refractivity contribution in [3.05, 3.63) is 28.8 Å². The molecule has 5 nitrogen and oxygen atoms in total. The molecule has 0 unspecified atom stereocenters. The SMILES string of the molecule is Cc1cc(OCCNC(=O)CCC(=O)O)ccc1Cl. The van der Waals surface area contributed by atoms with Crippen molar-refractivity contribution >= 4 is 23.5 Å². The van der Waals surface area contributed by atoms with E-state index in [-0.39, 0.29) is 18.7 Å². The summed E-state index contributed by atoms with van der Waals surface area (Å²) < 4.78 is 5.43. The van der Waals surface area contributed by atoms with Crippen LogP contribution < -0.4 is 10.1 Å². The Morgan fingerprint density at radius 2 is 2.11 bits per heavy atom. The van der Waals surface area contributed by atoms with Gasteiger partial charge in [-0.05, 0) is 30.7 Å². The van der Waals surface area contributed by atoms with E-state index >= 15 is 0 Å². The van der Waals surface area contributed by atoms with Gasteiger partial charge in [0.15, 0.2) is 0 Å². The minimum atomic E-state index is -0.983. The third kappa shape index (κ3) is 6.10. The van der Waals surface area contributed by atoms with Crippen LogP contribution in [0.15, 0.2) is 18.2 Å². The fraction of sp³-hybridized carbons (Fsp3) is 0.385. The summed E-state index contributed by atoms with van der Waals surface area (Å²) >= 11 is 5.88. The van der Waals surface area contributed by atoms with Crippen LogP contribution in [0.3, 0.4) is 0 Å². The summed E-state index contributed by atoms with van der Waals surface area (Å²) in [5.74, 6) is -0.594. The maximum absolute atomic E-state index is 11.2. The molecule has 0 aliphatic carbocycles. The molecule has 0 bridgehead atoms. The van der Waals surface area contributed by atoms with Gasteiger partial charge in [0, 0.05) is 11.4 Å². The molecule has 0 saturated heterocycles. The molecule has 1 amide bonds. The zero-order chi connectivity index (χ0) is 14.3. The lowest BCUT2D eigenvalue weighted by Gasteiger charge is -2.08. The molecule has 1 rings (SSSR count). The Kier molecular flexibility index (Phi) is 6.15. The van der Waals surface area contributed by atoms with Crippen LogP contribution in [-0.4, -0.2) is 30.1 Å². The van der Waals surface area contributed by atoms with E-state index in [1.165, 1.54) is 0 Å². The smallest absolute Gasteiger partial charge is 0.303 e. The molecule has 19 heavy (non-hydrogen) atoms. The fourth-order valence-corrected chi connectivity index (χ4v) is 1.49. The highest BCUT2D eigenvalue weighted by Gasteiger charge is 2.04. The van der Waals surface area contributed by atoms with E-state index in [0.29, 0.717) is 23.9 Å². The quantitative estimate of drug-likeness (QED) is 0.752. The third-order valence-electron chi connectivity index (χ3n) is 2.39. The van der Waals surface area contributed by atoms with Crippen molar-refractivity contribution in [2.75, 3.05) is 13.2 Å². The molecule has 0 radical (unpaired) electrons. The number of aryl methyl sites for hydroxylation is 1. The molecule has 104 valence electrons. The van der Waals surface area contributed by atoms with Gasteiger partial charge in [-0.15, -0.1) is 0 Å². The van der Waals surface area contributed by atoms with Gasteiger partial charge in [0.25, 0.3) is 0 Å². The predicted octanol–water partition coefficient (Wildman–Crippen LogP) is 2.01. The Hall–Kier alpha value is -1.75. The predicted molar refractivity (Wildman–Crippen MR) is 71.6 cm³/mol. The second-order valence-electron chi connectivity index (χ2n) is 4.00. The van der Waals surface area contributed by atoms with E-state index in [0.717, 1.165) is 5.56 Å². The van der Waals surface area contributed by atoms with Gasteiger partial charge in [-0.25, -0.2) is 0 Å². The summed E-state index contributed by atoms with van der Waals surface area (Å²) in [5, 5.41) is 11.7. The van der Waals surface area contributed by atoms with E-state index in [1.54, 1.807) is 12.1 Å². The average molecular weight is 286 g/mol. The molecule has 0 heterocycles. The number of halogens is 1. The number of carboxylic acid groups (broad SMARTS) is 1. The Morgan fingerprint density at radius 3 is 2.74 bits per heavy atom. The van der Waals surface area contributed by atoms with Gasteiger partial charge in [0.1, 0.15) is 12.4 Å². The number of aliphatic carboxylic acids is 1. The van der Waals surface area contributed by atoms with Crippen LogP contribution in [0, 0.1) is 6.92 Å². The van der Waals surface area contributed by atoms with Crippen molar-refractivity contribution in [3.63, 3.8) is 0 Å². The van der Waals surface area contributed by atoms with Crippen LogP contribution >= 0.6 is 11.6 Å². The number of rotatable bonds is 7. The number of nitrogens with one attached hydrogen (secondary N) is 1. The topological polar surface area (TPSA) is 75.6 Å². The number of carbonyl (C=O) groups excluding carboxylic acids is 1. The maximum atomic E-state index is 11.2. The first-order chi connectivity index (χ1) is 8.99. The maximum Gasteiger partial charge on any atom is 0.303 e. The van der Waals surface area contributed by atoms with Crippen molar-refractivity contribution in [3.8, 4) is 5.75 Å². The zero-order valence-corrected chi connectivity index (χ0v) is 11.4. The average Bonchev–Trinajstić information content (AvgIpc) is 2.36. The molecule has 0 saturated carbocycles. The molecule has 1 aromatic rings. The van der Waals surface area contributed by atoms with Crippen LogP contribution in [0.5, 0.6) is 5.75 Å². The second-order valence-corrected chi connectivity index (χ2v) is 4.41. The van der Waals surface area contributed by atoms with Crippen LogP contribution in [0.25, 0.3) is 0 Å². The lowest BCUT2D eigenvalue weighted by Crippen LogP contribution is -2.28. The van der Waals surface area contributed by atoms with Gasteiger partial charge >= 0.3 is 5.97 Å². The summed E-state index contributed by atoms with van der Waals surface area (Å²) in [7, 11) is 0. The number of amides is 1. The molecule has 2 N–H and O–H groups in total. The standard InChI is InChI=1S/C13H16ClNO4/c1-9-8-10(2-3-11(9)14)19-7-6-15-12(16)4-5-13(17)18/h2-3,8H,4-7H2,1H3,(H,15,16)(H,17,18). The number of ether oxygens (including phenoxy) is 1. The molecular weight excluding hydrogens is 270 g/mol. The number of carboxylic acids is 1. The lowest BCUT2D eigenvalue weighted by atomic mass is 10.2. The Balaban J connectivity index is 2.21. The van der Waals surface area contributed by atoms with Crippen LogP contribution in [-0.2, 0) is 9.59 Å². The molecule has 0 fully saturated rings. The normalized spacial score (nSPS) is 10.0. The van der Waals surface area contributed by atoms with Gasteiger partial charge in [0.05, 0.1) is 13.0 Å². The fourth-order valence-electron chi connectivity index (χ4n) is 1.38. The summed E-state index contributed by atoms with van der Waals surface area (Å²) in [5.41, 5.74) is 0.921. The van der Waals surface area contributed by atoms with Gasteiger partial charge in [0.2, 0.25) is 5.91 Å². The van der Waals surface area contributed by atoms with Gasteiger partial charge in [-0.3, -0.25) is 9.59 Å². The van der Waals surface area contributed by atoms with Gasteiger partial charge < -0.3 is 15.2 Å². The zero-order valence-electron chi connectivity index (χ0n) is 10.6. The third-order valence-corrected chi connectivity index (χ3v) is 2.81. The highest BCUT2D eigenvalue weighted by Crippen LogP contribution is 2.20. The van der Waals surface area contributed by atoms with E-state index in [4.69, 9.17) is 21.4 Å². The number of carbonyl (C=O) groups is 2. The molecule has 0 atom stereocenters. The first-order valence-electron chi connectivity index (χ1n) is 5.86. The number of hydrogen-bond donors (Lipinski definition) is 2. The molecule has 1 aromatic carbocycles. The van der Waals surface area contributed by atoms with Crippen LogP contribution in [0.2, 0.25) is 5.02 Å². The van der Waals surface area contributed by atoms with Crippen molar-refractivity contribution < 1.29 is 19.4 Å². The molecule has 0 aliphatic heterocycles. The summed E-state index contributed by atoms with van der Waals surface area (Å²) in [6, 6.07) is 5.31. The minimum absolute atomic E-state index is 0.0185. The Bertz CT molecular complexity index is 462. The Morgan fingerprint density at radius 1 is 1.37 bits per heavy atom. The van der Waals surface area contributed by atoms with Crippen LogP contribution in [0.4, 0.5) is 0 Å². The first kappa shape index (κ1) is 15.3. The Labute approximate surface area is 116 Å². The van der Waals surface area contributed by atoms with E-state index in [1.807, 2.05) is 13.0 Å². The van der Waals surface area contributed by atoms with Gasteiger partial charge in [-0.1, -0.05) is 11.6 Å². The lowest BCUT2D eigenvalue weighted by molar-refractivity contribution is -0.138. The van der Waals surface area contributed by atoms with E-state index in [2.05, 4.69) is 5.32 Å². The monoisotopic (exact) mass is 285 g/mol. The van der Waals surface area contributed by atoms with Crippen molar-refractivity contribution in [2.24, 2.45) is 0 Å². The molecule has 0 aliphatic rings. The van der Waals surface area contributed by atoms with Crippen LogP contribution in [0.1, 0.15) is 18.4 Å². The van der Waals surface area contributed by atoms with Crippen molar-refractivity contribution in [1.29, 1.82) is 0 Å². The number of benzene rings is 1. The van der Waals surface area contributed by atoms with E-state index < -0.39 is 5.97 Å². The highest BCUT2D eigenvalue weighted by molar-refractivity contribution is 6.31. The largest absolute Gasteiger partial charge is 0.492 e. The summed E-state index contributed by atoms with van der Waals surface area (Å²) in [6.45, 7) is 2.53. The van der Waals surface area contributed by atoms with Crippen molar-refractivity contribution in [2.45, 2.75) is 19.8 Å². The molecule has 6 heteroatoms. The summed E-state index contributed by atoms with van der Waals surface area (Å²) in [6.07, 6.45) is -0.182. The first-order valence-corrected chi connectivity index (χ1v) is 6.24. The minimum Gasteiger partial charge on any atom is -0.492 e. The molecule has 0 spiro atoms. The molecular formula is C13H16ClNO4. The van der Waals surface area contributed by atoms with Crippen molar-refractivity contribution in [1.82, 2.24) is 5.32 Å². The van der Waals surface area contributed by atoms with Gasteiger partial charge in [-0.2, -0.15) is 0 Å². The number of hydrogen-bond acceptors (Lipinski definition) is 3. The molecule has 0 aromatic heterocycles. The van der Waals surface area contributed by atoms with E-state index in [9.17, 15) is 9.59 Å². The second kappa shape index (κ2) is 7.63. The highest BCUT2D eigenvalue weighted by atomic mass is 35.5. The summed E-state index contributed by atoms with van der Waals surface area (Å²) in [4.78, 5) is 21.5.